The van der Waals surface area contributed by atoms with Gasteiger partial charge in [-0.15, -0.1) is 0 Å². The van der Waals surface area contributed by atoms with Crippen molar-refractivity contribution < 1.29 is 8.42 Å². The van der Waals surface area contributed by atoms with Crippen LogP contribution in [0.2, 0.25) is 10.0 Å². The Kier molecular flexibility index (Phi) is 4.77. The zero-order valence-corrected chi connectivity index (χ0v) is 15.8. The molecule has 0 radical (unpaired) electrons. The second kappa shape index (κ2) is 6.70. The van der Waals surface area contributed by atoms with Crippen molar-refractivity contribution in [3.05, 3.63) is 58.1 Å². The molecule has 0 spiro atoms. The molecule has 25 heavy (non-hydrogen) atoms. The first-order valence-corrected chi connectivity index (χ1v) is 9.48. The highest BCUT2D eigenvalue weighted by molar-refractivity contribution is 7.92. The van der Waals surface area contributed by atoms with E-state index in [9.17, 15) is 8.42 Å². The Morgan fingerprint density at radius 3 is 2.60 bits per heavy atom. The van der Waals surface area contributed by atoms with Crippen LogP contribution in [0.3, 0.4) is 0 Å². The molecule has 3 aromatic rings. The number of hydrogen-bond donors (Lipinski definition) is 1. The monoisotopic (exact) mass is 399 g/mol. The molecule has 0 aliphatic carbocycles. The van der Waals surface area contributed by atoms with Crippen molar-refractivity contribution in [2.45, 2.75) is 18.4 Å². The van der Waals surface area contributed by atoms with Gasteiger partial charge in [0.2, 0.25) is 0 Å². The van der Waals surface area contributed by atoms with Gasteiger partial charge in [0.15, 0.2) is 0 Å². The molecule has 0 saturated heterocycles. The van der Waals surface area contributed by atoms with Crippen molar-refractivity contribution in [2.75, 3.05) is 4.72 Å². The van der Waals surface area contributed by atoms with E-state index in [1.807, 2.05) is 0 Å². The number of aromatic nitrogens is 4. The molecule has 0 fully saturated rings. The minimum Gasteiger partial charge on any atom is -0.276 e. The van der Waals surface area contributed by atoms with Gasteiger partial charge in [-0.1, -0.05) is 29.3 Å². The Labute approximate surface area is 155 Å². The molecule has 7 nitrogen and oxygen atoms in total. The third kappa shape index (κ3) is 3.81. The van der Waals surface area contributed by atoms with E-state index in [-0.39, 0.29) is 4.90 Å². The topological polar surface area (TPSA) is 81.8 Å². The second-order valence-electron chi connectivity index (χ2n) is 5.49. The Bertz CT molecular complexity index is 1030. The molecule has 132 valence electrons. The molecule has 3 rings (SSSR count). The molecule has 0 saturated carbocycles. The first-order valence-electron chi connectivity index (χ1n) is 7.24. The summed E-state index contributed by atoms with van der Waals surface area (Å²) >= 11 is 12.0. The van der Waals surface area contributed by atoms with Crippen molar-refractivity contribution >= 4 is 38.9 Å². The van der Waals surface area contributed by atoms with Gasteiger partial charge in [0.25, 0.3) is 10.0 Å². The fourth-order valence-electron chi connectivity index (χ4n) is 2.28. The van der Waals surface area contributed by atoms with Gasteiger partial charge < -0.3 is 0 Å². The summed E-state index contributed by atoms with van der Waals surface area (Å²) in [7, 11) is -2.04. The summed E-state index contributed by atoms with van der Waals surface area (Å²) < 4.78 is 30.5. The maximum Gasteiger partial charge on any atom is 0.265 e. The van der Waals surface area contributed by atoms with Crippen LogP contribution in [0, 0.1) is 6.92 Å². The van der Waals surface area contributed by atoms with Gasteiger partial charge in [0.05, 0.1) is 30.3 Å². The largest absolute Gasteiger partial charge is 0.276 e. The number of aryl methyl sites for hydroxylation is 1. The number of sulfonamides is 1. The molecule has 0 unspecified atom stereocenters. The molecule has 0 atom stereocenters. The van der Waals surface area contributed by atoms with Crippen molar-refractivity contribution in [2.24, 2.45) is 7.05 Å². The predicted octanol–water partition coefficient (Wildman–Crippen LogP) is 3.08. The molecule has 2 aromatic heterocycles. The number of anilines is 1. The lowest BCUT2D eigenvalue weighted by atomic mass is 10.2. The number of hydrogen-bond acceptors (Lipinski definition) is 4. The van der Waals surface area contributed by atoms with E-state index >= 15 is 0 Å². The van der Waals surface area contributed by atoms with Crippen molar-refractivity contribution in [3.63, 3.8) is 0 Å². The highest BCUT2D eigenvalue weighted by atomic mass is 35.5. The van der Waals surface area contributed by atoms with Crippen molar-refractivity contribution in [1.29, 1.82) is 0 Å². The molecular weight excluding hydrogens is 385 g/mol. The Morgan fingerprint density at radius 1 is 1.20 bits per heavy atom. The first kappa shape index (κ1) is 17.8. The van der Waals surface area contributed by atoms with Crippen LogP contribution < -0.4 is 4.72 Å². The summed E-state index contributed by atoms with van der Waals surface area (Å²) in [5, 5.41) is 9.19. The molecule has 0 amide bonds. The molecular formula is C15H15Cl2N5O2S. The SMILES string of the molecule is Cc1c(S(=O)(=O)Nc2cnn(Cc3ccc(Cl)cc3Cl)c2)cnn1C. The van der Waals surface area contributed by atoms with E-state index in [1.54, 1.807) is 43.0 Å². The summed E-state index contributed by atoms with van der Waals surface area (Å²) in [5.41, 5.74) is 1.73. The van der Waals surface area contributed by atoms with Gasteiger partial charge in [-0.25, -0.2) is 8.42 Å². The second-order valence-corrected chi connectivity index (χ2v) is 7.98. The third-order valence-electron chi connectivity index (χ3n) is 3.71. The van der Waals surface area contributed by atoms with Gasteiger partial charge in [0.1, 0.15) is 4.90 Å². The van der Waals surface area contributed by atoms with Crippen LogP contribution in [0.25, 0.3) is 0 Å². The number of halogens is 2. The smallest absolute Gasteiger partial charge is 0.265 e. The molecule has 1 N–H and O–H groups in total. The zero-order valence-electron chi connectivity index (χ0n) is 13.4. The average molecular weight is 400 g/mol. The minimum absolute atomic E-state index is 0.128. The molecule has 1 aromatic carbocycles. The first-order chi connectivity index (χ1) is 11.8. The number of rotatable bonds is 5. The Hall–Kier alpha value is -2.03. The molecule has 2 heterocycles. The summed E-state index contributed by atoms with van der Waals surface area (Å²) in [6, 6.07) is 5.19. The number of nitrogens with zero attached hydrogens (tertiary/aromatic N) is 4. The summed E-state index contributed by atoms with van der Waals surface area (Å²) in [5.74, 6) is 0. The third-order valence-corrected chi connectivity index (χ3v) is 5.78. The van der Waals surface area contributed by atoms with Gasteiger partial charge in [0, 0.05) is 23.3 Å². The van der Waals surface area contributed by atoms with Gasteiger partial charge in [-0.2, -0.15) is 10.2 Å². The molecule has 10 heteroatoms. The predicted molar refractivity (Wildman–Crippen MR) is 96.5 cm³/mol. The average Bonchev–Trinajstić information content (AvgIpc) is 3.09. The molecule has 0 aliphatic heterocycles. The van der Waals surface area contributed by atoms with Crippen molar-refractivity contribution in [1.82, 2.24) is 19.6 Å². The maximum atomic E-state index is 12.5. The van der Waals surface area contributed by atoms with E-state index in [1.165, 1.54) is 17.1 Å². The van der Waals surface area contributed by atoms with Crippen LogP contribution in [0.5, 0.6) is 0 Å². The lowest BCUT2D eigenvalue weighted by molar-refractivity contribution is 0.600. The van der Waals surface area contributed by atoms with Crippen LogP contribution >= 0.6 is 23.2 Å². The van der Waals surface area contributed by atoms with Crippen molar-refractivity contribution in [3.8, 4) is 0 Å². The minimum atomic E-state index is -3.73. The Balaban J connectivity index is 1.78. The molecule has 0 aliphatic rings. The lowest BCUT2D eigenvalue weighted by Crippen LogP contribution is -2.13. The fraction of sp³-hybridized carbons (Fsp3) is 0.200. The van der Waals surface area contributed by atoms with Gasteiger partial charge in [-0.05, 0) is 24.6 Å². The van der Waals surface area contributed by atoms with Crippen LogP contribution in [0.1, 0.15) is 11.3 Å². The summed E-state index contributed by atoms with van der Waals surface area (Å²) in [6.45, 7) is 2.08. The fourth-order valence-corrected chi connectivity index (χ4v) is 3.98. The van der Waals surface area contributed by atoms with E-state index < -0.39 is 10.0 Å². The van der Waals surface area contributed by atoms with E-state index in [2.05, 4.69) is 14.9 Å². The maximum absolute atomic E-state index is 12.5. The van der Waals surface area contributed by atoms with Crippen LogP contribution in [0.4, 0.5) is 5.69 Å². The van der Waals surface area contributed by atoms with Gasteiger partial charge in [-0.3, -0.25) is 14.1 Å². The van der Waals surface area contributed by atoms with Crippen LogP contribution in [-0.2, 0) is 23.6 Å². The zero-order chi connectivity index (χ0) is 18.2. The van der Waals surface area contributed by atoms with E-state index in [4.69, 9.17) is 23.2 Å². The van der Waals surface area contributed by atoms with Crippen LogP contribution in [-0.4, -0.2) is 28.0 Å². The highest BCUT2D eigenvalue weighted by Crippen LogP contribution is 2.23. The van der Waals surface area contributed by atoms with E-state index in [0.29, 0.717) is 28.0 Å². The summed E-state index contributed by atoms with van der Waals surface area (Å²) in [4.78, 5) is 0.128. The van der Waals surface area contributed by atoms with Gasteiger partial charge >= 0.3 is 0 Å². The van der Waals surface area contributed by atoms with E-state index in [0.717, 1.165) is 5.56 Å². The standard InChI is InChI=1S/C15H15Cl2N5O2S/c1-10-15(7-18-21(10)2)25(23,24)20-13-6-19-22(9-13)8-11-3-4-12(16)5-14(11)17/h3-7,9,20H,8H2,1-2H3. The Morgan fingerprint density at radius 2 is 1.96 bits per heavy atom. The molecule has 0 bridgehead atoms. The number of benzene rings is 1. The number of nitrogens with one attached hydrogen (secondary N) is 1. The lowest BCUT2D eigenvalue weighted by Gasteiger charge is -2.06. The normalized spacial score (nSPS) is 11.7. The van der Waals surface area contributed by atoms with Crippen LogP contribution in [0.15, 0.2) is 41.7 Å². The summed E-state index contributed by atoms with van der Waals surface area (Å²) in [6.07, 6.45) is 4.34. The highest BCUT2D eigenvalue weighted by Gasteiger charge is 2.20. The quantitative estimate of drug-likeness (QED) is 0.714.